The second-order valence-corrected chi connectivity index (χ2v) is 99.2. The van der Waals surface area contributed by atoms with Crippen LogP contribution in [0.25, 0.3) is 8.81 Å². The van der Waals surface area contributed by atoms with Gasteiger partial charge in [0.1, 0.15) is 0 Å². The van der Waals surface area contributed by atoms with Crippen molar-refractivity contribution in [1.29, 1.82) is 0 Å². The Bertz CT molecular complexity index is 999. The molecule has 214 valence electrons. The summed E-state index contributed by atoms with van der Waals surface area (Å²) in [5.74, 6) is 0. The quantitative estimate of drug-likeness (QED) is 0.227. The van der Waals surface area contributed by atoms with Crippen molar-refractivity contribution in [3.05, 3.63) is 71.8 Å². The SMILES string of the molecule is C[Si](C)(C)[Si]([Si](C)(C)C)[Si](C)(C)[Si](C)(C)[Si]([Si](C)(C)C)[Si](C)(C)C.c1ccc([C]2=[C](c3ccccc3)[Ge]2)cc1. The molecule has 39 heavy (non-hydrogen) atoms. The Morgan fingerprint density at radius 1 is 0.385 bits per heavy atom. The van der Waals surface area contributed by atoms with E-state index < -0.39 is 44.6 Å². The summed E-state index contributed by atoms with van der Waals surface area (Å²) in [6.45, 7) is 44.6. The zero-order chi connectivity index (χ0) is 30.2. The van der Waals surface area contributed by atoms with E-state index in [0.717, 1.165) is 0 Å². The molecule has 0 bridgehead atoms. The van der Waals surface area contributed by atoms with Crippen molar-refractivity contribution in [3.63, 3.8) is 0 Å². The van der Waals surface area contributed by atoms with Crippen LogP contribution in [0, 0.1) is 0 Å². The second kappa shape index (κ2) is 12.6. The Labute approximate surface area is 258 Å². The van der Waals surface area contributed by atoms with E-state index in [1.165, 1.54) is 11.1 Å². The average molecular weight is 716 g/mol. The van der Waals surface area contributed by atoms with E-state index >= 15 is 0 Å². The molecule has 0 amide bonds. The van der Waals surface area contributed by atoms with Gasteiger partial charge in [0.25, 0.3) is 0 Å². The maximum atomic E-state index is 2.93. The van der Waals surface area contributed by atoms with Crippen LogP contribution in [-0.2, 0) is 0 Å². The van der Waals surface area contributed by atoms with E-state index in [1.54, 1.807) is 8.81 Å². The van der Waals surface area contributed by atoms with Crippen LogP contribution in [0.15, 0.2) is 60.7 Å². The van der Waals surface area contributed by atoms with Crippen LogP contribution in [0.3, 0.4) is 0 Å². The topological polar surface area (TPSA) is 0 Å². The molecule has 1 aliphatic rings. The second-order valence-electron chi connectivity index (χ2n) is 16.6. The minimum absolute atomic E-state index is 0.0530. The Morgan fingerprint density at radius 2 is 0.615 bits per heavy atom. The summed E-state index contributed by atoms with van der Waals surface area (Å²) in [5.41, 5.74) is 2.85. The van der Waals surface area contributed by atoms with Crippen molar-refractivity contribution in [2.45, 2.75) is 105 Å². The third-order valence-electron chi connectivity index (χ3n) is 8.37. The van der Waals surface area contributed by atoms with Gasteiger partial charge in [0.2, 0.25) is 0 Å². The predicted molar refractivity (Wildman–Crippen MR) is 205 cm³/mol. The minimum atomic E-state index is -1.13. The molecular weight excluding hydrogens is 658 g/mol. The number of benzene rings is 2. The first kappa shape index (κ1) is 35.7. The molecule has 0 N–H and O–H groups in total. The normalized spacial score (nSPS) is 15.4. The van der Waals surface area contributed by atoms with Gasteiger partial charge in [-0.1, -0.05) is 105 Å². The first-order valence-corrected chi connectivity index (χ1v) is 46.9. The molecule has 0 spiro atoms. The zero-order valence-corrected chi connectivity index (χ0v) is 38.4. The van der Waals surface area contributed by atoms with Crippen LogP contribution < -0.4 is 0 Å². The molecule has 0 fully saturated rings. The zero-order valence-electron chi connectivity index (χ0n) is 28.3. The summed E-state index contributed by atoms with van der Waals surface area (Å²) in [7, 11) is -6.61. The van der Waals surface area contributed by atoms with E-state index in [0.29, 0.717) is 0 Å². The summed E-state index contributed by atoms with van der Waals surface area (Å²) in [4.78, 5) is 0. The van der Waals surface area contributed by atoms with Gasteiger partial charge in [-0.25, -0.2) is 0 Å². The van der Waals surface area contributed by atoms with Gasteiger partial charge in [-0.3, -0.25) is 0 Å². The average Bonchev–Trinajstić information content (AvgIpc) is 3.51. The number of rotatable bonds is 9. The molecule has 0 atom stereocenters. The van der Waals surface area contributed by atoms with Gasteiger partial charge in [0, 0.05) is 59.3 Å². The summed E-state index contributed by atoms with van der Waals surface area (Å²) < 4.78 is 3.25. The van der Waals surface area contributed by atoms with Gasteiger partial charge in [-0.05, 0) is 0 Å². The van der Waals surface area contributed by atoms with Gasteiger partial charge in [0.05, 0.1) is 0 Å². The Hall–Kier alpha value is 0.458. The van der Waals surface area contributed by atoms with Crippen LogP contribution in [0.2, 0.25) is 105 Å². The van der Waals surface area contributed by atoms with Crippen LogP contribution in [0.5, 0.6) is 0 Å². The standard InChI is InChI=1S/C16H48Si8.C14H10Ge/c1-19(2,3)17(20(4,5)6)23(13,14)24(15,16)18(21(7,8)9)22(10,11)12;1-3-7-11(8-4-1)13-14(15-13)12-9-5-2-6-10-12/h1-16H3;1-10H. The fourth-order valence-electron chi connectivity index (χ4n) is 8.36. The molecule has 0 unspecified atom stereocenters. The van der Waals surface area contributed by atoms with Crippen molar-refractivity contribution < 1.29 is 0 Å². The van der Waals surface area contributed by atoms with Gasteiger partial charge in [-0.2, -0.15) is 0 Å². The van der Waals surface area contributed by atoms with Crippen LogP contribution in [0.1, 0.15) is 11.1 Å². The van der Waals surface area contributed by atoms with Crippen molar-refractivity contribution in [2.24, 2.45) is 0 Å². The Balaban J connectivity index is 0.000000299. The first-order valence-electron chi connectivity index (χ1n) is 14.8. The van der Waals surface area contributed by atoms with E-state index in [-0.39, 0.29) is 30.1 Å². The molecule has 9 heteroatoms. The molecule has 0 aromatic heterocycles. The van der Waals surface area contributed by atoms with Gasteiger partial charge >= 0.3 is 96.0 Å². The van der Waals surface area contributed by atoms with E-state index in [2.05, 4.69) is 165 Å². The maximum absolute atomic E-state index is 2.93. The van der Waals surface area contributed by atoms with E-state index in [9.17, 15) is 0 Å². The van der Waals surface area contributed by atoms with Gasteiger partial charge in [-0.15, -0.1) is 0 Å². The van der Waals surface area contributed by atoms with E-state index in [1.807, 2.05) is 0 Å². The number of hydrogen-bond donors (Lipinski definition) is 0. The third-order valence-corrected chi connectivity index (χ3v) is 161. The molecule has 2 aromatic carbocycles. The van der Waals surface area contributed by atoms with Crippen molar-refractivity contribution in [1.82, 2.24) is 0 Å². The van der Waals surface area contributed by atoms with Crippen molar-refractivity contribution >= 4 is 83.5 Å². The molecule has 1 aliphatic heterocycles. The molecule has 0 nitrogen and oxygen atoms in total. The van der Waals surface area contributed by atoms with Crippen molar-refractivity contribution in [2.75, 3.05) is 0 Å². The molecular formula is C30H58GeSi8. The third kappa shape index (κ3) is 8.98. The fourth-order valence-corrected chi connectivity index (χ4v) is 277. The molecule has 1 heterocycles. The van der Waals surface area contributed by atoms with Crippen LogP contribution >= 0.6 is 0 Å². The van der Waals surface area contributed by atoms with Crippen LogP contribution in [-0.4, -0.2) is 74.7 Å². The van der Waals surface area contributed by atoms with E-state index in [4.69, 9.17) is 0 Å². The Kier molecular flexibility index (Phi) is 11.5. The number of hydrogen-bond acceptors (Lipinski definition) is 0. The first-order chi connectivity index (χ1) is 17.4. The fraction of sp³-hybridized carbons (Fsp3) is 0.533. The summed E-state index contributed by atoms with van der Waals surface area (Å²) >= 11 is 0.0530. The van der Waals surface area contributed by atoms with Gasteiger partial charge < -0.3 is 0 Å². The predicted octanol–water partition coefficient (Wildman–Crippen LogP) is 9.52. The molecule has 4 radical (unpaired) electrons. The van der Waals surface area contributed by atoms with Crippen molar-refractivity contribution in [3.8, 4) is 0 Å². The molecule has 0 saturated carbocycles. The summed E-state index contributed by atoms with van der Waals surface area (Å²) in [6.07, 6.45) is 0. The molecule has 0 aliphatic carbocycles. The Morgan fingerprint density at radius 3 is 0.821 bits per heavy atom. The monoisotopic (exact) mass is 716 g/mol. The molecule has 3 rings (SSSR count). The van der Waals surface area contributed by atoms with Gasteiger partial charge in [0.15, 0.2) is 0 Å². The summed E-state index contributed by atoms with van der Waals surface area (Å²) in [6, 6.07) is 21.5. The molecule has 2 aromatic rings. The summed E-state index contributed by atoms with van der Waals surface area (Å²) in [5, 5.41) is 0. The molecule has 0 saturated heterocycles. The van der Waals surface area contributed by atoms with Crippen LogP contribution in [0.4, 0.5) is 0 Å².